The molecule has 1 N–H and O–H groups in total. The molecule has 6 heteroatoms. The molecule has 6 nitrogen and oxygen atoms in total. The maximum Gasteiger partial charge on any atom is 0.143 e. The first-order valence-electron chi connectivity index (χ1n) is 6.59. The number of rotatable bonds is 3. The Balaban J connectivity index is 1.72. The molecule has 1 fully saturated rings. The molecule has 2 aromatic rings. The van der Waals surface area contributed by atoms with Gasteiger partial charge in [0.1, 0.15) is 6.33 Å². The Kier molecular flexibility index (Phi) is 3.69. The smallest absolute Gasteiger partial charge is 0.143 e. The molecule has 1 aromatic carbocycles. The molecule has 1 aliphatic heterocycles. The van der Waals surface area contributed by atoms with Gasteiger partial charge in [0.2, 0.25) is 0 Å². The van der Waals surface area contributed by atoms with Crippen molar-refractivity contribution < 1.29 is 4.74 Å². The summed E-state index contributed by atoms with van der Waals surface area (Å²) < 4.78 is 7.13. The number of nitrogens with one attached hydrogen (secondary N) is 1. The number of hydrogen-bond acceptors (Lipinski definition) is 5. The number of aromatic nitrogens is 4. The highest BCUT2D eigenvalue weighted by atomic mass is 16.5. The van der Waals surface area contributed by atoms with Gasteiger partial charge in [-0.1, -0.05) is 6.07 Å². The lowest BCUT2D eigenvalue weighted by Crippen LogP contribution is -2.19. The quantitative estimate of drug-likeness (QED) is 0.907. The molecule has 0 bridgehead atoms. The predicted molar refractivity (Wildman–Crippen MR) is 71.2 cm³/mol. The van der Waals surface area contributed by atoms with Gasteiger partial charge in [-0.2, -0.15) is 0 Å². The number of hydrogen-bond donors (Lipinski definition) is 1. The highest BCUT2D eigenvalue weighted by molar-refractivity contribution is 5.51. The Bertz CT molecular complexity index is 506. The van der Waals surface area contributed by atoms with Crippen LogP contribution in [-0.2, 0) is 4.74 Å². The molecule has 100 valence electrons. The summed E-state index contributed by atoms with van der Waals surface area (Å²) >= 11 is 0. The summed E-state index contributed by atoms with van der Waals surface area (Å²) in [5.74, 6) is 0. The Morgan fingerprint density at radius 1 is 1.26 bits per heavy atom. The number of nitrogens with zero attached hydrogens (tertiary/aromatic N) is 4. The normalized spacial score (nSPS) is 19.9. The summed E-state index contributed by atoms with van der Waals surface area (Å²) in [6.45, 7) is 1.72. The van der Waals surface area contributed by atoms with Crippen LogP contribution in [0.3, 0.4) is 0 Å². The fraction of sp³-hybridized carbons (Fsp3) is 0.462. The SMILES string of the molecule is c1cc(NC2CCCOCC2)cc(-n2cnnn2)c1. The fourth-order valence-corrected chi connectivity index (χ4v) is 2.30. The van der Waals surface area contributed by atoms with Gasteiger partial charge in [0.15, 0.2) is 0 Å². The van der Waals surface area contributed by atoms with Crippen LogP contribution in [0.4, 0.5) is 5.69 Å². The summed E-state index contributed by atoms with van der Waals surface area (Å²) in [4.78, 5) is 0. The van der Waals surface area contributed by atoms with E-state index >= 15 is 0 Å². The van der Waals surface area contributed by atoms with Crippen LogP contribution in [0, 0.1) is 0 Å². The Labute approximate surface area is 111 Å². The van der Waals surface area contributed by atoms with Crippen molar-refractivity contribution in [3.05, 3.63) is 30.6 Å². The third kappa shape index (κ3) is 3.08. The van der Waals surface area contributed by atoms with E-state index in [1.807, 2.05) is 12.1 Å². The molecular weight excluding hydrogens is 242 g/mol. The van der Waals surface area contributed by atoms with Gasteiger partial charge in [0, 0.05) is 24.9 Å². The van der Waals surface area contributed by atoms with Gasteiger partial charge < -0.3 is 10.1 Å². The van der Waals surface area contributed by atoms with Crippen molar-refractivity contribution in [2.24, 2.45) is 0 Å². The lowest BCUT2D eigenvalue weighted by molar-refractivity contribution is 0.144. The van der Waals surface area contributed by atoms with Gasteiger partial charge in [-0.05, 0) is 47.9 Å². The van der Waals surface area contributed by atoms with E-state index in [2.05, 4.69) is 33.0 Å². The largest absolute Gasteiger partial charge is 0.382 e. The molecule has 1 aliphatic rings. The van der Waals surface area contributed by atoms with Crippen molar-refractivity contribution in [2.75, 3.05) is 18.5 Å². The monoisotopic (exact) mass is 259 g/mol. The van der Waals surface area contributed by atoms with Gasteiger partial charge in [0.05, 0.1) is 5.69 Å². The molecule has 0 spiro atoms. The first kappa shape index (κ1) is 12.1. The van der Waals surface area contributed by atoms with Gasteiger partial charge in [0.25, 0.3) is 0 Å². The van der Waals surface area contributed by atoms with Crippen LogP contribution in [0.2, 0.25) is 0 Å². The molecule has 0 saturated carbocycles. The second-order valence-electron chi connectivity index (χ2n) is 4.69. The van der Waals surface area contributed by atoms with Crippen molar-refractivity contribution in [3.63, 3.8) is 0 Å². The van der Waals surface area contributed by atoms with Crippen LogP contribution in [-0.4, -0.2) is 39.5 Å². The molecule has 1 saturated heterocycles. The van der Waals surface area contributed by atoms with Crippen LogP contribution >= 0.6 is 0 Å². The van der Waals surface area contributed by atoms with E-state index in [9.17, 15) is 0 Å². The highest BCUT2D eigenvalue weighted by Gasteiger charge is 2.12. The average Bonchev–Trinajstić information content (AvgIpc) is 2.86. The zero-order chi connectivity index (χ0) is 12.9. The minimum atomic E-state index is 0.478. The van der Waals surface area contributed by atoms with Crippen molar-refractivity contribution in [3.8, 4) is 5.69 Å². The molecule has 0 radical (unpaired) electrons. The van der Waals surface area contributed by atoms with Crippen LogP contribution < -0.4 is 5.32 Å². The second kappa shape index (κ2) is 5.79. The Morgan fingerprint density at radius 3 is 3.16 bits per heavy atom. The summed E-state index contributed by atoms with van der Waals surface area (Å²) in [5.41, 5.74) is 2.06. The number of benzene rings is 1. The third-order valence-electron chi connectivity index (χ3n) is 3.28. The minimum absolute atomic E-state index is 0.478. The predicted octanol–water partition coefficient (Wildman–Crippen LogP) is 1.64. The van der Waals surface area contributed by atoms with Crippen LogP contribution in [0.25, 0.3) is 5.69 Å². The molecule has 0 amide bonds. The molecule has 19 heavy (non-hydrogen) atoms. The Hall–Kier alpha value is -1.95. The standard InChI is InChI=1S/C13H17N5O/c1-3-12(15-11-4-2-7-19-8-6-11)9-13(5-1)18-10-14-16-17-18/h1,3,5,9-11,15H,2,4,6-8H2. The van der Waals surface area contributed by atoms with Gasteiger partial charge in [-0.3, -0.25) is 0 Å². The molecule has 3 rings (SSSR count). The van der Waals surface area contributed by atoms with Gasteiger partial charge >= 0.3 is 0 Å². The fourth-order valence-electron chi connectivity index (χ4n) is 2.30. The van der Waals surface area contributed by atoms with Crippen LogP contribution in [0.5, 0.6) is 0 Å². The maximum absolute atomic E-state index is 5.47. The molecule has 2 heterocycles. The van der Waals surface area contributed by atoms with E-state index < -0.39 is 0 Å². The minimum Gasteiger partial charge on any atom is -0.382 e. The molecule has 0 aliphatic carbocycles. The third-order valence-corrected chi connectivity index (χ3v) is 3.28. The van der Waals surface area contributed by atoms with Crippen molar-refractivity contribution in [1.29, 1.82) is 0 Å². The first-order chi connectivity index (χ1) is 9.42. The van der Waals surface area contributed by atoms with E-state index in [1.54, 1.807) is 11.0 Å². The van der Waals surface area contributed by atoms with Crippen molar-refractivity contribution in [2.45, 2.75) is 25.3 Å². The first-order valence-corrected chi connectivity index (χ1v) is 6.59. The lowest BCUT2D eigenvalue weighted by Gasteiger charge is -2.17. The summed E-state index contributed by atoms with van der Waals surface area (Å²) in [5, 5.41) is 14.8. The average molecular weight is 259 g/mol. The summed E-state index contributed by atoms with van der Waals surface area (Å²) in [6, 6.07) is 8.60. The number of anilines is 1. The zero-order valence-corrected chi connectivity index (χ0v) is 10.7. The van der Waals surface area contributed by atoms with Crippen molar-refractivity contribution in [1.82, 2.24) is 20.2 Å². The van der Waals surface area contributed by atoms with Crippen LogP contribution in [0.15, 0.2) is 30.6 Å². The van der Waals surface area contributed by atoms with Crippen LogP contribution in [0.1, 0.15) is 19.3 Å². The number of ether oxygens (including phenoxy) is 1. The van der Waals surface area contributed by atoms with Gasteiger partial charge in [-0.15, -0.1) is 5.10 Å². The van der Waals surface area contributed by atoms with E-state index in [0.717, 1.165) is 43.9 Å². The summed E-state index contributed by atoms with van der Waals surface area (Å²) in [6.07, 6.45) is 4.91. The Morgan fingerprint density at radius 2 is 2.26 bits per heavy atom. The number of tetrazole rings is 1. The molecular formula is C13H17N5O. The topological polar surface area (TPSA) is 64.9 Å². The molecule has 1 aromatic heterocycles. The maximum atomic E-state index is 5.47. The molecule has 1 atom stereocenters. The lowest BCUT2D eigenvalue weighted by atomic mass is 10.1. The van der Waals surface area contributed by atoms with E-state index in [-0.39, 0.29) is 0 Å². The zero-order valence-electron chi connectivity index (χ0n) is 10.7. The summed E-state index contributed by atoms with van der Waals surface area (Å²) in [7, 11) is 0. The van der Waals surface area contributed by atoms with Crippen molar-refractivity contribution >= 4 is 5.69 Å². The van der Waals surface area contributed by atoms with E-state index in [0.29, 0.717) is 6.04 Å². The second-order valence-corrected chi connectivity index (χ2v) is 4.69. The molecule has 1 unspecified atom stereocenters. The highest BCUT2D eigenvalue weighted by Crippen LogP contribution is 2.18. The van der Waals surface area contributed by atoms with E-state index in [4.69, 9.17) is 4.74 Å². The van der Waals surface area contributed by atoms with Gasteiger partial charge in [-0.25, -0.2) is 4.68 Å². The van der Waals surface area contributed by atoms with E-state index in [1.165, 1.54) is 0 Å².